The fraction of sp³-hybridized carbons (Fsp3) is 0.682. The number of nitrogens with zero attached hydrogens (tertiary/aromatic N) is 2. The molecule has 184 valence electrons. The Kier molecular flexibility index (Phi) is 12.8. The number of hydrogen-bond donors (Lipinski definition) is 2. The van der Waals surface area contributed by atoms with Gasteiger partial charge in [-0.1, -0.05) is 18.2 Å². The molecule has 1 fully saturated rings. The molecule has 0 atom stereocenters. The molecule has 1 heterocycles. The lowest BCUT2D eigenvalue weighted by Gasteiger charge is -2.38. The van der Waals surface area contributed by atoms with Crippen molar-refractivity contribution in [1.29, 1.82) is 0 Å². The summed E-state index contributed by atoms with van der Waals surface area (Å²) in [6.07, 6.45) is -2.08. The molecule has 32 heavy (non-hydrogen) atoms. The van der Waals surface area contributed by atoms with Gasteiger partial charge in [0, 0.05) is 65.6 Å². The minimum atomic E-state index is -4.36. The molecule has 0 radical (unpaired) electrons. The van der Waals surface area contributed by atoms with Crippen molar-refractivity contribution in [3.05, 3.63) is 35.4 Å². The summed E-state index contributed by atoms with van der Waals surface area (Å²) in [5.74, 6) is 0.642. The number of hydrogen-bond acceptors (Lipinski definition) is 4. The van der Waals surface area contributed by atoms with Gasteiger partial charge in [0.15, 0.2) is 5.96 Å². The first-order chi connectivity index (χ1) is 14.8. The average molecular weight is 572 g/mol. The summed E-state index contributed by atoms with van der Waals surface area (Å²) >= 11 is 0. The number of alkyl halides is 3. The number of halogens is 4. The molecule has 6 nitrogen and oxygen atoms in total. The monoisotopic (exact) mass is 572 g/mol. The van der Waals surface area contributed by atoms with Crippen LogP contribution in [0.1, 0.15) is 30.4 Å². The lowest BCUT2D eigenvalue weighted by Crippen LogP contribution is -2.49. The van der Waals surface area contributed by atoms with Gasteiger partial charge in [-0.3, -0.25) is 4.99 Å². The SMILES string of the molecule is CN=C(NCCN(C)CCCOC)NCC1(c2cccc(C(F)(F)F)c2)CCOCC1.I. The van der Waals surface area contributed by atoms with Gasteiger partial charge in [0.2, 0.25) is 0 Å². The molecular formula is C22H36F3IN4O2. The maximum Gasteiger partial charge on any atom is 0.416 e. The molecule has 0 unspecified atom stereocenters. The summed E-state index contributed by atoms with van der Waals surface area (Å²) in [5, 5.41) is 6.62. The van der Waals surface area contributed by atoms with E-state index in [0.717, 1.165) is 32.2 Å². The first-order valence-electron chi connectivity index (χ1n) is 10.7. The molecule has 0 spiro atoms. The summed E-state index contributed by atoms with van der Waals surface area (Å²) in [6.45, 7) is 4.77. The van der Waals surface area contributed by atoms with Crippen LogP contribution in [-0.4, -0.2) is 78.1 Å². The summed E-state index contributed by atoms with van der Waals surface area (Å²) in [7, 11) is 5.44. The van der Waals surface area contributed by atoms with Crippen LogP contribution in [0.25, 0.3) is 0 Å². The predicted octanol–water partition coefficient (Wildman–Crippen LogP) is 3.50. The van der Waals surface area contributed by atoms with Crippen molar-refractivity contribution in [1.82, 2.24) is 15.5 Å². The van der Waals surface area contributed by atoms with E-state index in [1.807, 2.05) is 0 Å². The number of likely N-dealkylation sites (N-methyl/N-ethyl adjacent to an activating group) is 1. The van der Waals surface area contributed by atoms with Crippen molar-refractivity contribution in [2.45, 2.75) is 30.9 Å². The van der Waals surface area contributed by atoms with Gasteiger partial charge in [0.25, 0.3) is 0 Å². The van der Waals surface area contributed by atoms with Crippen LogP contribution in [0.4, 0.5) is 13.2 Å². The van der Waals surface area contributed by atoms with Crippen LogP contribution < -0.4 is 10.6 Å². The third-order valence-electron chi connectivity index (χ3n) is 5.74. The van der Waals surface area contributed by atoms with Gasteiger partial charge < -0.3 is 25.0 Å². The maximum atomic E-state index is 13.3. The minimum absolute atomic E-state index is 0. The van der Waals surface area contributed by atoms with Gasteiger partial charge >= 0.3 is 6.18 Å². The van der Waals surface area contributed by atoms with Crippen LogP contribution in [0.5, 0.6) is 0 Å². The molecule has 1 aromatic rings. The van der Waals surface area contributed by atoms with E-state index in [9.17, 15) is 13.2 Å². The fourth-order valence-electron chi connectivity index (χ4n) is 3.78. The van der Waals surface area contributed by atoms with E-state index < -0.39 is 17.2 Å². The Morgan fingerprint density at radius 1 is 1.22 bits per heavy atom. The number of guanidine groups is 1. The highest BCUT2D eigenvalue weighted by atomic mass is 127. The standard InChI is InChI=1S/C22H35F3N4O2.HI/c1-26-20(27-10-12-29(2)11-5-13-30-3)28-17-21(8-14-31-15-9-21)18-6-4-7-19(16-18)22(23,24)25;/h4,6-7,16H,5,8-15,17H2,1-3H3,(H2,26,27,28);1H. The summed E-state index contributed by atoms with van der Waals surface area (Å²) in [4.78, 5) is 6.48. The van der Waals surface area contributed by atoms with Crippen molar-refractivity contribution < 1.29 is 22.6 Å². The lowest BCUT2D eigenvalue weighted by molar-refractivity contribution is -0.137. The highest BCUT2D eigenvalue weighted by Gasteiger charge is 2.37. The zero-order chi connectivity index (χ0) is 22.7. The van der Waals surface area contributed by atoms with E-state index in [2.05, 4.69) is 27.6 Å². The highest BCUT2D eigenvalue weighted by Crippen LogP contribution is 2.37. The Morgan fingerprint density at radius 3 is 2.56 bits per heavy atom. The fourth-order valence-corrected chi connectivity index (χ4v) is 3.78. The molecule has 2 rings (SSSR count). The third kappa shape index (κ3) is 9.03. The second-order valence-corrected chi connectivity index (χ2v) is 7.97. The molecule has 0 aromatic heterocycles. The van der Waals surface area contributed by atoms with Crippen LogP contribution in [0.2, 0.25) is 0 Å². The molecule has 0 saturated carbocycles. The maximum absolute atomic E-state index is 13.3. The van der Waals surface area contributed by atoms with Crippen molar-refractivity contribution in [2.75, 3.05) is 67.2 Å². The predicted molar refractivity (Wildman–Crippen MR) is 132 cm³/mol. The Morgan fingerprint density at radius 2 is 1.94 bits per heavy atom. The summed E-state index contributed by atoms with van der Waals surface area (Å²) < 4.78 is 50.3. The minimum Gasteiger partial charge on any atom is -0.385 e. The van der Waals surface area contributed by atoms with Crippen molar-refractivity contribution >= 4 is 29.9 Å². The van der Waals surface area contributed by atoms with Crippen molar-refractivity contribution in [2.24, 2.45) is 4.99 Å². The number of methoxy groups -OCH3 is 1. The topological polar surface area (TPSA) is 58.1 Å². The Labute approximate surface area is 206 Å². The van der Waals surface area contributed by atoms with Crippen LogP contribution in [-0.2, 0) is 21.1 Å². The van der Waals surface area contributed by atoms with E-state index in [1.165, 1.54) is 12.1 Å². The van der Waals surface area contributed by atoms with E-state index in [-0.39, 0.29) is 24.0 Å². The second-order valence-electron chi connectivity index (χ2n) is 7.97. The van der Waals surface area contributed by atoms with Gasteiger partial charge in [-0.25, -0.2) is 0 Å². The highest BCUT2D eigenvalue weighted by molar-refractivity contribution is 14.0. The smallest absolute Gasteiger partial charge is 0.385 e. The normalized spacial score (nSPS) is 16.5. The molecule has 0 bridgehead atoms. The molecule has 1 saturated heterocycles. The van der Waals surface area contributed by atoms with Crippen LogP contribution in [0.15, 0.2) is 29.3 Å². The van der Waals surface area contributed by atoms with E-state index in [0.29, 0.717) is 50.7 Å². The van der Waals surface area contributed by atoms with Crippen LogP contribution >= 0.6 is 24.0 Å². The van der Waals surface area contributed by atoms with Crippen molar-refractivity contribution in [3.8, 4) is 0 Å². The molecule has 1 aliphatic heterocycles. The molecule has 1 aromatic carbocycles. The van der Waals surface area contributed by atoms with Crippen LogP contribution in [0, 0.1) is 0 Å². The van der Waals surface area contributed by atoms with Gasteiger partial charge in [-0.2, -0.15) is 13.2 Å². The Bertz CT molecular complexity index is 698. The first kappa shape index (κ1) is 28.9. The average Bonchev–Trinajstić information content (AvgIpc) is 2.76. The van der Waals surface area contributed by atoms with Gasteiger partial charge in [-0.05, 0) is 37.9 Å². The first-order valence-corrected chi connectivity index (χ1v) is 10.7. The van der Waals surface area contributed by atoms with Gasteiger partial charge in [0.05, 0.1) is 5.56 Å². The lowest BCUT2D eigenvalue weighted by atomic mass is 9.73. The largest absolute Gasteiger partial charge is 0.416 e. The number of ether oxygens (including phenoxy) is 2. The molecule has 10 heteroatoms. The second kappa shape index (κ2) is 14.2. The van der Waals surface area contributed by atoms with E-state index in [4.69, 9.17) is 9.47 Å². The van der Waals surface area contributed by atoms with Crippen LogP contribution in [0.3, 0.4) is 0 Å². The summed E-state index contributed by atoms with van der Waals surface area (Å²) in [5.41, 5.74) is -0.366. The number of nitrogens with one attached hydrogen (secondary N) is 2. The number of aliphatic imine (C=N–C) groups is 1. The van der Waals surface area contributed by atoms with Gasteiger partial charge in [-0.15, -0.1) is 24.0 Å². The quantitative estimate of drug-likeness (QED) is 0.195. The molecule has 2 N–H and O–H groups in total. The number of benzene rings is 1. The zero-order valence-corrected chi connectivity index (χ0v) is 21.5. The third-order valence-corrected chi connectivity index (χ3v) is 5.74. The molecular weight excluding hydrogens is 536 g/mol. The summed E-state index contributed by atoms with van der Waals surface area (Å²) in [6, 6.07) is 5.67. The molecule has 0 aliphatic carbocycles. The number of rotatable bonds is 10. The Hall–Kier alpha value is -1.11. The van der Waals surface area contributed by atoms with E-state index in [1.54, 1.807) is 20.2 Å². The van der Waals surface area contributed by atoms with Gasteiger partial charge in [0.1, 0.15) is 0 Å². The molecule has 1 aliphatic rings. The van der Waals surface area contributed by atoms with E-state index >= 15 is 0 Å². The Balaban J connectivity index is 0.00000512. The van der Waals surface area contributed by atoms with Crippen molar-refractivity contribution in [3.63, 3.8) is 0 Å². The zero-order valence-electron chi connectivity index (χ0n) is 19.1. The molecule has 0 amide bonds.